The van der Waals surface area contributed by atoms with E-state index < -0.39 is 47.6 Å². The Balaban J connectivity index is 1.27. The number of hydrogen-bond donors (Lipinski definition) is 5. The van der Waals surface area contributed by atoms with E-state index in [1.54, 1.807) is 13.8 Å². The summed E-state index contributed by atoms with van der Waals surface area (Å²) in [7, 11) is 0. The van der Waals surface area contributed by atoms with E-state index in [0.29, 0.717) is 11.5 Å². The molecule has 4 heterocycles. The average molecular weight is 740 g/mol. The van der Waals surface area contributed by atoms with Gasteiger partial charge in [-0.25, -0.2) is 4.98 Å². The van der Waals surface area contributed by atoms with Gasteiger partial charge in [0.2, 0.25) is 17.7 Å². The fraction of sp³-hybridized carbons (Fsp3) is 0.318. The van der Waals surface area contributed by atoms with Crippen LogP contribution in [0.3, 0.4) is 0 Å². The second kappa shape index (κ2) is 14.4. The minimum absolute atomic E-state index is 0.0873. The number of nitrogens with zero attached hydrogens (tertiary/aromatic N) is 1. The third-order valence-corrected chi connectivity index (χ3v) is 11.0. The monoisotopic (exact) mass is 739 g/mol. The smallest absolute Gasteiger partial charge is 0.273 e. The molecule has 1 aromatic heterocycles. The zero-order chi connectivity index (χ0) is 38.4. The van der Waals surface area contributed by atoms with Crippen LogP contribution in [0.5, 0.6) is 5.75 Å². The Kier molecular flexibility index (Phi) is 9.42. The zero-order valence-corrected chi connectivity index (χ0v) is 31.2. The molecule has 4 aromatic carbocycles. The minimum atomic E-state index is -1.30. The number of aliphatic hydroxyl groups excluding tert-OH is 1. The molecule has 0 radical (unpaired) electrons. The number of para-hydroxylation sites is 1. The number of hydrogen-bond acceptors (Lipinski definition) is 8. The number of rotatable bonds is 9. The Morgan fingerprint density at radius 3 is 2.24 bits per heavy atom. The van der Waals surface area contributed by atoms with Gasteiger partial charge in [0.25, 0.3) is 5.91 Å². The third-order valence-electron chi connectivity index (χ3n) is 11.0. The van der Waals surface area contributed by atoms with Gasteiger partial charge in [-0.3, -0.25) is 14.4 Å². The number of aliphatic hydroxyl groups is 1. The molecule has 3 amide bonds. The lowest BCUT2D eigenvalue weighted by Crippen LogP contribution is -2.52. The van der Waals surface area contributed by atoms with E-state index in [-0.39, 0.29) is 42.3 Å². The van der Waals surface area contributed by atoms with Crippen molar-refractivity contribution in [1.29, 1.82) is 0 Å². The Morgan fingerprint density at radius 2 is 1.56 bits per heavy atom. The van der Waals surface area contributed by atoms with Gasteiger partial charge < -0.3 is 35.5 Å². The summed E-state index contributed by atoms with van der Waals surface area (Å²) >= 11 is 0. The van der Waals surface area contributed by atoms with Crippen LogP contribution in [-0.2, 0) is 21.4 Å². The van der Waals surface area contributed by atoms with E-state index in [4.69, 9.17) is 14.1 Å². The van der Waals surface area contributed by atoms with Gasteiger partial charge in [-0.1, -0.05) is 119 Å². The van der Waals surface area contributed by atoms with Crippen LogP contribution in [0.2, 0.25) is 0 Å². The first kappa shape index (κ1) is 36.1. The summed E-state index contributed by atoms with van der Waals surface area (Å²) in [6.07, 6.45) is -1.85. The van der Waals surface area contributed by atoms with Gasteiger partial charge in [0.15, 0.2) is 17.7 Å². The van der Waals surface area contributed by atoms with E-state index in [1.165, 1.54) is 0 Å². The number of anilines is 1. The van der Waals surface area contributed by atoms with Crippen LogP contribution in [0.15, 0.2) is 108 Å². The standard InChI is InChI=1S/C44H45N5O6/c1-24(2)35-42-49-36(40(52)45-23-29(27-13-7-5-8-14-27)28-15-9-6-10-16-28)38(55-42)44-30-17-11-12-18-32(30)47-43(44)54-34-20-19-26(21-31(34)44)22-33(39(51)48-35)46-41(53)37(50)25(3)4/h5-21,24-25,29,33,35,37,43,47,50H,22-23H2,1-4H3,(H,45,52)(H,46,53)(H,48,51)/t33-,35-,37-,43-,44?/m0/s1. The van der Waals surface area contributed by atoms with Crippen molar-refractivity contribution in [2.75, 3.05) is 11.9 Å². The molecule has 5 N–H and O–H groups in total. The predicted octanol–water partition coefficient (Wildman–Crippen LogP) is 5.59. The summed E-state index contributed by atoms with van der Waals surface area (Å²) in [6, 6.07) is 31.8. The number of carbonyl (C=O) groups is 3. The fourth-order valence-corrected chi connectivity index (χ4v) is 8.09. The van der Waals surface area contributed by atoms with Crippen LogP contribution in [0.4, 0.5) is 5.69 Å². The molecule has 0 fully saturated rings. The Hall–Kier alpha value is -5.94. The van der Waals surface area contributed by atoms with Gasteiger partial charge in [-0.15, -0.1) is 0 Å². The van der Waals surface area contributed by atoms with Crippen molar-refractivity contribution in [2.45, 2.75) is 69.9 Å². The summed E-state index contributed by atoms with van der Waals surface area (Å²) in [5.41, 5.74) is 4.21. The van der Waals surface area contributed by atoms with Crippen molar-refractivity contribution in [3.8, 4) is 5.75 Å². The quantitative estimate of drug-likeness (QED) is 0.131. The molecule has 5 atom stereocenters. The molecule has 1 unspecified atom stereocenters. The molecule has 3 aliphatic heterocycles. The largest absolute Gasteiger partial charge is 0.469 e. The van der Waals surface area contributed by atoms with Crippen molar-refractivity contribution in [3.05, 3.63) is 148 Å². The summed E-state index contributed by atoms with van der Waals surface area (Å²) < 4.78 is 13.5. The molecule has 1 spiro atoms. The highest BCUT2D eigenvalue weighted by Crippen LogP contribution is 2.58. The molecule has 282 valence electrons. The van der Waals surface area contributed by atoms with E-state index in [9.17, 15) is 19.5 Å². The first-order valence-corrected chi connectivity index (χ1v) is 18.9. The highest BCUT2D eigenvalue weighted by atomic mass is 16.5. The molecule has 11 heteroatoms. The molecule has 0 saturated carbocycles. The van der Waals surface area contributed by atoms with Crippen LogP contribution >= 0.6 is 0 Å². The molecule has 4 bridgehead atoms. The van der Waals surface area contributed by atoms with E-state index in [2.05, 4.69) is 45.5 Å². The first-order chi connectivity index (χ1) is 26.6. The summed E-state index contributed by atoms with van der Waals surface area (Å²) in [5, 5.41) is 23.2. The van der Waals surface area contributed by atoms with E-state index in [1.807, 2.05) is 92.7 Å². The zero-order valence-electron chi connectivity index (χ0n) is 31.2. The van der Waals surface area contributed by atoms with Crippen LogP contribution in [-0.4, -0.2) is 52.7 Å². The number of benzene rings is 4. The maximum Gasteiger partial charge on any atom is 0.273 e. The Labute approximate surface area is 319 Å². The molecular formula is C44H45N5O6. The summed E-state index contributed by atoms with van der Waals surface area (Å²) in [6.45, 7) is 7.61. The highest BCUT2D eigenvalue weighted by molar-refractivity contribution is 5.95. The molecule has 3 aliphatic rings. The van der Waals surface area contributed by atoms with Gasteiger partial charge in [0.05, 0.1) is 0 Å². The van der Waals surface area contributed by atoms with Crippen LogP contribution in [0, 0.1) is 11.8 Å². The lowest BCUT2D eigenvalue weighted by atomic mass is 9.72. The molecule has 8 rings (SSSR count). The van der Waals surface area contributed by atoms with Crippen LogP contribution in [0.25, 0.3) is 0 Å². The van der Waals surface area contributed by atoms with Crippen molar-refractivity contribution >= 4 is 23.4 Å². The molecule has 0 saturated heterocycles. The lowest BCUT2D eigenvalue weighted by molar-refractivity contribution is -0.135. The van der Waals surface area contributed by atoms with Crippen LogP contribution < -0.4 is 26.0 Å². The summed E-state index contributed by atoms with van der Waals surface area (Å²) in [5.74, 6) is -1.22. The molecule has 11 nitrogen and oxygen atoms in total. The molecule has 55 heavy (non-hydrogen) atoms. The van der Waals surface area contributed by atoms with Gasteiger partial charge in [-0.05, 0) is 46.2 Å². The Bertz CT molecular complexity index is 2200. The SMILES string of the molecule is CC(C)[C@H](O)C(=O)N[C@H]1Cc2ccc3c(c2)C2(c4ccccc4N[C@H]2O3)c2oc(nc2C(=O)NCC(c2ccccc2)c2ccccc2)[C@H](C(C)C)NC1=O. The van der Waals surface area contributed by atoms with Crippen LogP contribution in [0.1, 0.15) is 89.6 Å². The maximum atomic E-state index is 14.7. The van der Waals surface area contributed by atoms with Gasteiger partial charge in [-0.2, -0.15) is 0 Å². The van der Waals surface area contributed by atoms with Crippen molar-refractivity contribution in [1.82, 2.24) is 20.9 Å². The number of fused-ring (bicyclic) bond motifs is 4. The van der Waals surface area contributed by atoms with E-state index in [0.717, 1.165) is 33.5 Å². The fourth-order valence-electron chi connectivity index (χ4n) is 8.09. The average Bonchev–Trinajstić information content (AvgIpc) is 3.86. The number of nitrogens with one attached hydrogen (secondary N) is 4. The Morgan fingerprint density at radius 1 is 0.891 bits per heavy atom. The number of aromatic nitrogens is 1. The van der Waals surface area contributed by atoms with Crippen molar-refractivity contribution in [3.63, 3.8) is 0 Å². The number of ether oxygens (including phenoxy) is 1. The lowest BCUT2D eigenvalue weighted by Gasteiger charge is -2.29. The van der Waals surface area contributed by atoms with E-state index >= 15 is 0 Å². The predicted molar refractivity (Wildman–Crippen MR) is 207 cm³/mol. The maximum absolute atomic E-state index is 14.7. The van der Waals surface area contributed by atoms with Gasteiger partial charge >= 0.3 is 0 Å². The molecule has 5 aromatic rings. The normalized spacial score (nSPS) is 21.4. The first-order valence-electron chi connectivity index (χ1n) is 18.9. The number of oxazole rings is 1. The van der Waals surface area contributed by atoms with Gasteiger partial charge in [0, 0.05) is 30.1 Å². The van der Waals surface area contributed by atoms with Crippen molar-refractivity contribution in [2.24, 2.45) is 11.8 Å². The second-order valence-corrected chi connectivity index (χ2v) is 15.3. The number of amides is 3. The third kappa shape index (κ3) is 6.32. The van der Waals surface area contributed by atoms with Gasteiger partial charge in [0.1, 0.15) is 29.4 Å². The van der Waals surface area contributed by atoms with Crippen molar-refractivity contribution < 1.29 is 28.6 Å². The number of carbonyl (C=O) groups excluding carboxylic acids is 3. The molecular weight excluding hydrogens is 695 g/mol. The topological polar surface area (TPSA) is 155 Å². The molecule has 0 aliphatic carbocycles. The second-order valence-electron chi connectivity index (χ2n) is 15.3. The minimum Gasteiger partial charge on any atom is -0.469 e. The highest BCUT2D eigenvalue weighted by Gasteiger charge is 2.61. The summed E-state index contributed by atoms with van der Waals surface area (Å²) in [4.78, 5) is 47.0.